The molecule has 0 fully saturated rings. The highest BCUT2D eigenvalue weighted by molar-refractivity contribution is 7.91. The molecule has 0 saturated carbocycles. The number of halogens is 3. The Hall–Kier alpha value is -3.39. The Labute approximate surface area is 189 Å². The molecule has 4 rings (SSSR count). The average Bonchev–Trinajstić information content (AvgIpc) is 2.78. The van der Waals surface area contributed by atoms with Crippen LogP contribution in [0, 0.1) is 6.92 Å². The van der Waals surface area contributed by atoms with Crippen molar-refractivity contribution in [2.75, 3.05) is 5.75 Å². The molecule has 0 unspecified atom stereocenters. The van der Waals surface area contributed by atoms with Gasteiger partial charge in [-0.1, -0.05) is 37.3 Å². The maximum absolute atomic E-state index is 13.5. The molecule has 33 heavy (non-hydrogen) atoms. The summed E-state index contributed by atoms with van der Waals surface area (Å²) in [6.45, 7) is 3.22. The van der Waals surface area contributed by atoms with E-state index in [1.807, 2.05) is 0 Å². The predicted molar refractivity (Wildman–Crippen MR) is 121 cm³/mol. The maximum Gasteiger partial charge on any atom is 0.418 e. The van der Waals surface area contributed by atoms with Crippen LogP contribution in [0.1, 0.15) is 18.2 Å². The fourth-order valence-corrected chi connectivity index (χ4v) is 4.52. The minimum atomic E-state index is -4.52. The van der Waals surface area contributed by atoms with Crippen molar-refractivity contribution in [3.63, 3.8) is 0 Å². The topological polar surface area (TPSA) is 56.3 Å². The molecule has 3 aromatic carbocycles. The van der Waals surface area contributed by atoms with E-state index in [2.05, 4.69) is 4.98 Å². The van der Waals surface area contributed by atoms with Gasteiger partial charge in [-0.15, -0.1) is 0 Å². The van der Waals surface area contributed by atoms with Gasteiger partial charge in [0.2, 0.25) is 0 Å². The van der Waals surface area contributed by atoms with Gasteiger partial charge in [-0.25, -0.2) is 8.42 Å². The van der Waals surface area contributed by atoms with Crippen LogP contribution in [-0.4, -0.2) is 19.2 Å². The zero-order valence-corrected chi connectivity index (χ0v) is 18.7. The molecule has 0 radical (unpaired) electrons. The van der Waals surface area contributed by atoms with Gasteiger partial charge in [0.05, 0.1) is 21.7 Å². The molecule has 4 aromatic rings. The highest BCUT2D eigenvalue weighted by Crippen LogP contribution is 2.38. The average molecular weight is 472 g/mol. The number of nitrogens with zero attached hydrogens (tertiary/aromatic N) is 1. The lowest BCUT2D eigenvalue weighted by molar-refractivity contribution is -0.136. The number of fused-ring (bicyclic) bond motifs is 1. The van der Waals surface area contributed by atoms with Crippen LogP contribution in [0.5, 0.6) is 11.5 Å². The summed E-state index contributed by atoms with van der Waals surface area (Å²) in [5.74, 6) is 0.741. The fraction of sp³-hybridized carbons (Fsp3) is 0.160. The van der Waals surface area contributed by atoms with Crippen molar-refractivity contribution in [3.05, 3.63) is 84.1 Å². The highest BCUT2D eigenvalue weighted by Gasteiger charge is 2.33. The first-order valence-corrected chi connectivity index (χ1v) is 11.8. The molecule has 0 atom stereocenters. The van der Waals surface area contributed by atoms with Gasteiger partial charge in [0.1, 0.15) is 11.5 Å². The molecule has 0 aliphatic heterocycles. The molecular weight excluding hydrogens is 451 g/mol. The maximum atomic E-state index is 13.5. The van der Waals surface area contributed by atoms with E-state index in [1.165, 1.54) is 18.2 Å². The SMILES string of the molecule is CCS(=O)(=O)c1cccc(Oc2cccc(-c3cc(C)nc4c(C(F)(F)F)cccc34)c2)c1. The normalized spacial score (nSPS) is 12.2. The van der Waals surface area contributed by atoms with E-state index < -0.39 is 21.6 Å². The minimum Gasteiger partial charge on any atom is -0.457 e. The molecule has 0 saturated heterocycles. The molecule has 0 spiro atoms. The zero-order chi connectivity index (χ0) is 23.8. The third kappa shape index (κ3) is 4.71. The van der Waals surface area contributed by atoms with Gasteiger partial charge >= 0.3 is 6.18 Å². The van der Waals surface area contributed by atoms with E-state index in [0.717, 1.165) is 6.07 Å². The fourth-order valence-electron chi connectivity index (χ4n) is 3.61. The predicted octanol–water partition coefficient (Wildman–Crippen LogP) is 6.81. The summed E-state index contributed by atoms with van der Waals surface area (Å²) in [6, 6.07) is 18.8. The van der Waals surface area contributed by atoms with Crippen molar-refractivity contribution in [2.24, 2.45) is 0 Å². The summed E-state index contributed by atoms with van der Waals surface area (Å²) in [7, 11) is -3.39. The molecule has 0 N–H and O–H groups in total. The number of rotatable bonds is 5. The number of para-hydroxylation sites is 1. The smallest absolute Gasteiger partial charge is 0.418 e. The molecule has 1 aromatic heterocycles. The van der Waals surface area contributed by atoms with Crippen LogP contribution in [-0.2, 0) is 16.0 Å². The number of benzene rings is 3. The van der Waals surface area contributed by atoms with Crippen LogP contribution in [0.4, 0.5) is 13.2 Å². The van der Waals surface area contributed by atoms with E-state index in [9.17, 15) is 21.6 Å². The summed E-state index contributed by atoms with van der Waals surface area (Å²) in [5, 5.41) is 0.378. The van der Waals surface area contributed by atoms with E-state index in [4.69, 9.17) is 4.74 Å². The third-order valence-corrected chi connectivity index (χ3v) is 6.93. The Kier molecular flexibility index (Phi) is 5.88. The van der Waals surface area contributed by atoms with Crippen LogP contribution >= 0.6 is 0 Å². The molecule has 170 valence electrons. The van der Waals surface area contributed by atoms with Crippen LogP contribution in [0.3, 0.4) is 0 Å². The monoisotopic (exact) mass is 471 g/mol. The molecule has 0 aliphatic rings. The number of aromatic nitrogens is 1. The van der Waals surface area contributed by atoms with E-state index in [1.54, 1.807) is 62.4 Å². The number of sulfone groups is 1. The van der Waals surface area contributed by atoms with Crippen molar-refractivity contribution in [3.8, 4) is 22.6 Å². The quantitative estimate of drug-likeness (QED) is 0.321. The second-order valence-electron chi connectivity index (χ2n) is 7.52. The second kappa shape index (κ2) is 8.51. The lowest BCUT2D eigenvalue weighted by atomic mass is 9.98. The Balaban J connectivity index is 1.77. The number of aryl methyl sites for hydroxylation is 1. The van der Waals surface area contributed by atoms with Crippen LogP contribution in [0.15, 0.2) is 77.7 Å². The van der Waals surface area contributed by atoms with E-state index in [0.29, 0.717) is 33.7 Å². The highest BCUT2D eigenvalue weighted by atomic mass is 32.2. The van der Waals surface area contributed by atoms with Gasteiger partial charge < -0.3 is 4.74 Å². The van der Waals surface area contributed by atoms with E-state index >= 15 is 0 Å². The molecule has 0 amide bonds. The minimum absolute atomic E-state index is 0.0275. The van der Waals surface area contributed by atoms with Crippen molar-refractivity contribution in [2.45, 2.75) is 24.9 Å². The third-order valence-electron chi connectivity index (χ3n) is 5.20. The summed E-state index contributed by atoms with van der Waals surface area (Å²) < 4.78 is 70.8. The summed E-state index contributed by atoms with van der Waals surface area (Å²) in [4.78, 5) is 4.31. The second-order valence-corrected chi connectivity index (χ2v) is 9.80. The Morgan fingerprint density at radius 3 is 2.27 bits per heavy atom. The van der Waals surface area contributed by atoms with Gasteiger partial charge in [-0.05, 0) is 60.5 Å². The van der Waals surface area contributed by atoms with Gasteiger partial charge in [-0.2, -0.15) is 13.2 Å². The summed E-state index contributed by atoms with van der Waals surface area (Å²) in [6.07, 6.45) is -4.52. The first-order chi connectivity index (χ1) is 15.6. The lowest BCUT2D eigenvalue weighted by Gasteiger charge is -2.14. The largest absolute Gasteiger partial charge is 0.457 e. The molecule has 1 heterocycles. The first-order valence-electron chi connectivity index (χ1n) is 10.2. The number of pyridine rings is 1. The zero-order valence-electron chi connectivity index (χ0n) is 17.8. The first kappa shape index (κ1) is 22.8. The number of ether oxygens (including phenoxy) is 1. The standard InChI is InChI=1S/C25H20F3NO3S/c1-3-33(30,31)20-10-5-9-19(15-20)32-18-8-4-7-17(14-18)22-13-16(2)29-24-21(22)11-6-12-23(24)25(26,27)28/h4-15H,3H2,1-2H3. The molecule has 0 bridgehead atoms. The van der Waals surface area contributed by atoms with Crippen LogP contribution in [0.25, 0.3) is 22.0 Å². The number of hydrogen-bond acceptors (Lipinski definition) is 4. The number of alkyl halides is 3. The van der Waals surface area contributed by atoms with Gasteiger partial charge in [0.15, 0.2) is 9.84 Å². The van der Waals surface area contributed by atoms with Crippen molar-refractivity contribution in [1.82, 2.24) is 4.98 Å². The summed E-state index contributed by atoms with van der Waals surface area (Å²) >= 11 is 0. The van der Waals surface area contributed by atoms with Gasteiger partial charge in [0, 0.05) is 11.1 Å². The van der Waals surface area contributed by atoms with Gasteiger partial charge in [0.25, 0.3) is 0 Å². The van der Waals surface area contributed by atoms with Gasteiger partial charge in [-0.3, -0.25) is 4.98 Å². The van der Waals surface area contributed by atoms with Crippen molar-refractivity contribution < 1.29 is 26.3 Å². The molecular formula is C25H20F3NO3S. The molecule has 0 aliphatic carbocycles. The molecule has 4 nitrogen and oxygen atoms in total. The van der Waals surface area contributed by atoms with Crippen molar-refractivity contribution >= 4 is 20.7 Å². The van der Waals surface area contributed by atoms with Crippen LogP contribution < -0.4 is 4.74 Å². The molecule has 8 heteroatoms. The lowest BCUT2D eigenvalue weighted by Crippen LogP contribution is -2.07. The summed E-state index contributed by atoms with van der Waals surface area (Å²) in [5.41, 5.74) is 0.809. The van der Waals surface area contributed by atoms with E-state index in [-0.39, 0.29) is 16.2 Å². The van der Waals surface area contributed by atoms with Crippen molar-refractivity contribution in [1.29, 1.82) is 0 Å². The van der Waals surface area contributed by atoms with Crippen LogP contribution in [0.2, 0.25) is 0 Å². The Bertz CT molecular complexity index is 1450. The Morgan fingerprint density at radius 1 is 0.909 bits per heavy atom. The Morgan fingerprint density at radius 2 is 1.58 bits per heavy atom. The number of hydrogen-bond donors (Lipinski definition) is 0.